The van der Waals surface area contributed by atoms with E-state index in [0.717, 1.165) is 0 Å². The van der Waals surface area contributed by atoms with Crippen molar-refractivity contribution in [2.75, 3.05) is 25.1 Å². The second kappa shape index (κ2) is 13.8. The molecule has 1 amide bonds. The highest BCUT2D eigenvalue weighted by atomic mass is 32.2. The minimum absolute atomic E-state index is 0.00565. The van der Waals surface area contributed by atoms with Crippen molar-refractivity contribution in [3.8, 4) is 0 Å². The van der Waals surface area contributed by atoms with Crippen LogP contribution in [0.4, 0.5) is 0 Å². The van der Waals surface area contributed by atoms with Gasteiger partial charge in [-0.1, -0.05) is 13.8 Å². The molecule has 0 aromatic heterocycles. The van der Waals surface area contributed by atoms with Crippen molar-refractivity contribution in [2.45, 2.75) is 45.8 Å². The number of amides is 1. The first-order valence-corrected chi connectivity index (χ1v) is 13.2. The summed E-state index contributed by atoms with van der Waals surface area (Å²) < 4.78 is 60.2. The van der Waals surface area contributed by atoms with Gasteiger partial charge in [-0.2, -0.15) is 8.42 Å². The zero-order valence-electron chi connectivity index (χ0n) is 17.6. The number of aliphatic carboxylic acids is 1. The predicted octanol–water partition coefficient (Wildman–Crippen LogP) is 0.0413. The summed E-state index contributed by atoms with van der Waals surface area (Å²) in [7, 11) is -10.2. The fraction of sp³-hybridized carbons (Fsp3) is 0.800. The summed E-state index contributed by atoms with van der Waals surface area (Å²) in [5.41, 5.74) is -1.65. The molecule has 0 rings (SSSR count). The molecule has 0 aromatic carbocycles. The second-order valence-corrected chi connectivity index (χ2v) is 10.9. The van der Waals surface area contributed by atoms with Crippen molar-refractivity contribution in [3.63, 3.8) is 0 Å². The number of carboxylic acids is 1. The Morgan fingerprint density at radius 2 is 1.78 bits per heavy atom. The Morgan fingerprint density at radius 3 is 2.28 bits per heavy atom. The molecule has 0 heterocycles. The van der Waals surface area contributed by atoms with Crippen LogP contribution in [0.25, 0.3) is 0 Å². The SMILES string of the molecule is CC(=O)NCCCS(=O)(=O)OC(CCOC(=O)C[P+](=O)O[P+](=O)O)C(C)(C)[C@@H](O)C(=O)O. The van der Waals surface area contributed by atoms with E-state index >= 15 is 0 Å². The maximum Gasteiger partial charge on any atom is 0.742 e. The van der Waals surface area contributed by atoms with Crippen LogP contribution < -0.4 is 5.32 Å². The number of carbonyl (C=O) groups excluding carboxylic acids is 2. The highest BCUT2D eigenvalue weighted by Gasteiger charge is 2.44. The molecule has 0 radical (unpaired) electrons. The molecule has 0 spiro atoms. The van der Waals surface area contributed by atoms with Crippen LogP contribution in [0.2, 0.25) is 0 Å². The maximum absolute atomic E-state index is 12.3. The first-order chi connectivity index (χ1) is 14.6. The summed E-state index contributed by atoms with van der Waals surface area (Å²) in [4.78, 5) is 42.1. The highest BCUT2D eigenvalue weighted by Crippen LogP contribution is 2.35. The van der Waals surface area contributed by atoms with Gasteiger partial charge in [0.05, 0.1) is 18.5 Å². The minimum atomic E-state index is -4.23. The quantitative estimate of drug-likeness (QED) is 0.0909. The van der Waals surface area contributed by atoms with E-state index in [1.165, 1.54) is 20.8 Å². The Labute approximate surface area is 186 Å². The highest BCUT2D eigenvalue weighted by molar-refractivity contribution is 7.86. The number of hydrogen-bond donors (Lipinski definition) is 4. The average Bonchev–Trinajstić information content (AvgIpc) is 2.62. The lowest BCUT2D eigenvalue weighted by Crippen LogP contribution is -2.47. The third kappa shape index (κ3) is 12.4. The van der Waals surface area contributed by atoms with Gasteiger partial charge in [-0.15, -0.1) is 4.89 Å². The molecule has 17 heteroatoms. The second-order valence-electron chi connectivity index (χ2n) is 7.06. The molecular weight excluding hydrogens is 496 g/mol. The Kier molecular flexibility index (Phi) is 13.1. The van der Waals surface area contributed by atoms with Crippen molar-refractivity contribution < 1.29 is 60.3 Å². The summed E-state index contributed by atoms with van der Waals surface area (Å²) in [6, 6.07) is 0. The molecule has 14 nitrogen and oxygen atoms in total. The Hall–Kier alpha value is -1.60. The van der Waals surface area contributed by atoms with Gasteiger partial charge >= 0.3 is 28.2 Å². The molecule has 32 heavy (non-hydrogen) atoms. The van der Waals surface area contributed by atoms with Crippen LogP contribution in [-0.4, -0.2) is 78.6 Å². The van der Waals surface area contributed by atoms with E-state index in [9.17, 15) is 37.0 Å². The number of ether oxygens (including phenoxy) is 1. The number of hydrogen-bond acceptors (Lipinski definition) is 11. The number of rotatable bonds is 16. The largest absolute Gasteiger partial charge is 0.742 e. The van der Waals surface area contributed by atoms with E-state index in [2.05, 4.69) is 9.63 Å². The van der Waals surface area contributed by atoms with Gasteiger partial charge in [0, 0.05) is 29.9 Å². The molecule has 184 valence electrons. The van der Waals surface area contributed by atoms with Gasteiger partial charge < -0.3 is 20.3 Å². The van der Waals surface area contributed by atoms with Crippen molar-refractivity contribution in [2.24, 2.45) is 5.41 Å². The first kappa shape index (κ1) is 30.4. The lowest BCUT2D eigenvalue weighted by molar-refractivity contribution is -0.159. The topological polar surface area (TPSA) is 220 Å². The number of aliphatic hydroxyl groups excluding tert-OH is 1. The molecule has 0 aliphatic heterocycles. The van der Waals surface area contributed by atoms with Gasteiger partial charge in [0.25, 0.3) is 16.3 Å². The minimum Gasteiger partial charge on any atom is -0.479 e. The summed E-state index contributed by atoms with van der Waals surface area (Å²) >= 11 is 0. The number of nitrogens with one attached hydrogen (secondary N) is 1. The van der Waals surface area contributed by atoms with Gasteiger partial charge in [-0.3, -0.25) is 8.98 Å². The molecule has 4 N–H and O–H groups in total. The Balaban J connectivity index is 5.15. The van der Waals surface area contributed by atoms with Crippen LogP contribution in [0.3, 0.4) is 0 Å². The van der Waals surface area contributed by atoms with E-state index in [0.29, 0.717) is 0 Å². The molecule has 0 bridgehead atoms. The van der Waals surface area contributed by atoms with Crippen LogP contribution in [0, 0.1) is 5.41 Å². The molecule has 4 atom stereocenters. The number of carboxylic acid groups (broad SMARTS) is 1. The zero-order chi connectivity index (χ0) is 25.1. The fourth-order valence-corrected chi connectivity index (χ4v) is 4.76. The molecule has 0 aromatic rings. The first-order valence-electron chi connectivity index (χ1n) is 9.09. The van der Waals surface area contributed by atoms with Crippen molar-refractivity contribution in [1.29, 1.82) is 0 Å². The van der Waals surface area contributed by atoms with Crippen molar-refractivity contribution in [1.82, 2.24) is 5.32 Å². The van der Waals surface area contributed by atoms with E-state index < -0.39 is 74.5 Å². The normalized spacial score (nSPS) is 14.8. The molecule has 0 saturated carbocycles. The van der Waals surface area contributed by atoms with Crippen LogP contribution in [0.1, 0.15) is 33.6 Å². The number of aliphatic hydroxyl groups is 1. The zero-order valence-corrected chi connectivity index (χ0v) is 20.2. The predicted molar refractivity (Wildman–Crippen MR) is 108 cm³/mol. The van der Waals surface area contributed by atoms with Crippen molar-refractivity contribution in [3.05, 3.63) is 0 Å². The van der Waals surface area contributed by atoms with Crippen LogP contribution in [-0.2, 0) is 46.9 Å². The van der Waals surface area contributed by atoms with E-state index in [1.54, 1.807) is 0 Å². The monoisotopic (exact) mass is 523 g/mol. The van der Waals surface area contributed by atoms with E-state index in [-0.39, 0.29) is 25.3 Å². The van der Waals surface area contributed by atoms with Gasteiger partial charge in [0.15, 0.2) is 6.10 Å². The van der Waals surface area contributed by atoms with Crippen molar-refractivity contribution >= 4 is 44.2 Å². The Morgan fingerprint density at radius 1 is 1.19 bits per heavy atom. The summed E-state index contributed by atoms with van der Waals surface area (Å²) in [6.07, 6.45) is -4.66. The van der Waals surface area contributed by atoms with E-state index in [4.69, 9.17) is 18.9 Å². The molecule has 0 fully saturated rings. The third-order valence-corrected chi connectivity index (χ3v) is 7.16. The standard InChI is InChI=1S/C15H25NO13P2S/c1-10(17)16-6-4-8-32(25,26)28-11(15(2,3)13(19)14(20)21)5-7-27-12(18)9-30(22)29-31(23)24/h11,13,19H,4-9H2,1-3H3,(H-2,16,17,20,21,23,24)/p+2/t11?,13-/m0/s1. The molecule has 0 saturated heterocycles. The molecular formula is C15H27NO13P2S+2. The molecule has 0 aliphatic carbocycles. The maximum atomic E-state index is 12.3. The van der Waals surface area contributed by atoms with Crippen LogP contribution >= 0.6 is 16.3 Å². The lowest BCUT2D eigenvalue weighted by Gasteiger charge is -2.35. The van der Waals surface area contributed by atoms with Gasteiger partial charge in [-0.05, 0) is 11.0 Å². The van der Waals surface area contributed by atoms with Crippen LogP contribution in [0.5, 0.6) is 0 Å². The molecule has 3 unspecified atom stereocenters. The van der Waals surface area contributed by atoms with E-state index in [1.807, 2.05) is 0 Å². The third-order valence-electron chi connectivity index (χ3n) is 4.04. The van der Waals surface area contributed by atoms with Gasteiger partial charge in [-0.25, -0.2) is 9.59 Å². The number of esters is 1. The fourth-order valence-electron chi connectivity index (χ4n) is 2.31. The van der Waals surface area contributed by atoms with Crippen LogP contribution in [0.15, 0.2) is 0 Å². The van der Waals surface area contributed by atoms with Gasteiger partial charge in [0.2, 0.25) is 5.91 Å². The lowest BCUT2D eigenvalue weighted by atomic mass is 9.79. The average molecular weight is 523 g/mol. The summed E-state index contributed by atoms with van der Waals surface area (Å²) in [6.45, 7) is 3.29. The smallest absolute Gasteiger partial charge is 0.479 e. The summed E-state index contributed by atoms with van der Waals surface area (Å²) in [5, 5.41) is 21.5. The Bertz CT molecular complexity index is 814. The summed E-state index contributed by atoms with van der Waals surface area (Å²) in [5.74, 6) is -3.58. The molecule has 0 aliphatic rings. The number of carbonyl (C=O) groups is 3. The van der Waals surface area contributed by atoms with Gasteiger partial charge in [0.1, 0.15) is 4.31 Å².